The summed E-state index contributed by atoms with van der Waals surface area (Å²) < 4.78 is 5.06. The summed E-state index contributed by atoms with van der Waals surface area (Å²) in [6.07, 6.45) is 5.39. The Morgan fingerprint density at radius 1 is 1.47 bits per heavy atom. The van der Waals surface area contributed by atoms with E-state index in [2.05, 4.69) is 18.8 Å². The van der Waals surface area contributed by atoms with Crippen LogP contribution in [0.15, 0.2) is 30.9 Å². The van der Waals surface area contributed by atoms with Crippen LogP contribution >= 0.6 is 0 Å². The Bertz CT molecular complexity index is 390. The van der Waals surface area contributed by atoms with Crippen molar-refractivity contribution in [3.63, 3.8) is 0 Å². The quantitative estimate of drug-likeness (QED) is 0.529. The van der Waals surface area contributed by atoms with Crippen LogP contribution in [0, 0.1) is 5.92 Å². The van der Waals surface area contributed by atoms with Crippen LogP contribution in [0.2, 0.25) is 0 Å². The van der Waals surface area contributed by atoms with E-state index in [0.717, 1.165) is 24.9 Å². The van der Waals surface area contributed by atoms with Crippen LogP contribution in [-0.2, 0) is 6.54 Å². The maximum atomic E-state index is 9.83. The first kappa shape index (κ1) is 15.6. The SMILES string of the molecule is C=CCC(CC)CCNCc1ccc(OC)cc1O. The molecule has 2 N–H and O–H groups in total. The minimum Gasteiger partial charge on any atom is -0.507 e. The lowest BCUT2D eigenvalue weighted by molar-refractivity contribution is 0.405. The first-order valence-electron chi connectivity index (χ1n) is 6.88. The predicted octanol–water partition coefficient (Wildman–Crippen LogP) is 3.48. The number of rotatable bonds is 9. The molecule has 0 spiro atoms. The standard InChI is InChI=1S/C16H25NO2/c1-4-6-13(5-2)9-10-17-12-14-7-8-15(19-3)11-16(14)18/h4,7-8,11,13,17-18H,1,5-6,9-10,12H2,2-3H3. The summed E-state index contributed by atoms with van der Waals surface area (Å²) in [5, 5.41) is 13.2. The third-order valence-electron chi connectivity index (χ3n) is 3.41. The van der Waals surface area contributed by atoms with Gasteiger partial charge in [-0.15, -0.1) is 6.58 Å². The molecule has 1 aromatic rings. The average Bonchev–Trinajstić information content (AvgIpc) is 2.43. The Balaban J connectivity index is 2.34. The Hall–Kier alpha value is -1.48. The number of ether oxygens (including phenoxy) is 1. The minimum atomic E-state index is 0.282. The van der Waals surface area contributed by atoms with E-state index in [-0.39, 0.29) is 5.75 Å². The van der Waals surface area contributed by atoms with Crippen LogP contribution < -0.4 is 10.1 Å². The first-order valence-corrected chi connectivity index (χ1v) is 6.88. The monoisotopic (exact) mass is 263 g/mol. The van der Waals surface area contributed by atoms with Gasteiger partial charge >= 0.3 is 0 Å². The molecule has 0 radical (unpaired) electrons. The highest BCUT2D eigenvalue weighted by atomic mass is 16.5. The second-order valence-electron chi connectivity index (χ2n) is 4.76. The normalized spacial score (nSPS) is 12.1. The lowest BCUT2D eigenvalue weighted by atomic mass is 9.98. The Kier molecular flexibility index (Phi) is 7.04. The van der Waals surface area contributed by atoms with Crippen molar-refractivity contribution in [2.75, 3.05) is 13.7 Å². The molecule has 0 aromatic heterocycles. The Labute approximate surface area is 116 Å². The van der Waals surface area contributed by atoms with Gasteiger partial charge in [-0.05, 0) is 31.4 Å². The van der Waals surface area contributed by atoms with E-state index in [0.29, 0.717) is 18.2 Å². The topological polar surface area (TPSA) is 41.5 Å². The van der Waals surface area contributed by atoms with Gasteiger partial charge in [-0.3, -0.25) is 0 Å². The van der Waals surface area contributed by atoms with Gasteiger partial charge in [-0.1, -0.05) is 25.5 Å². The molecule has 0 aliphatic carbocycles. The van der Waals surface area contributed by atoms with E-state index in [4.69, 9.17) is 4.74 Å². The molecular weight excluding hydrogens is 238 g/mol. The van der Waals surface area contributed by atoms with E-state index in [1.807, 2.05) is 18.2 Å². The van der Waals surface area contributed by atoms with E-state index < -0.39 is 0 Å². The largest absolute Gasteiger partial charge is 0.507 e. The molecule has 1 rings (SSSR count). The van der Waals surface area contributed by atoms with Crippen LogP contribution in [0.1, 0.15) is 31.7 Å². The molecule has 0 amide bonds. The zero-order chi connectivity index (χ0) is 14.1. The maximum Gasteiger partial charge on any atom is 0.123 e. The van der Waals surface area contributed by atoms with Crippen molar-refractivity contribution in [3.05, 3.63) is 36.4 Å². The summed E-state index contributed by atoms with van der Waals surface area (Å²) in [7, 11) is 1.59. The van der Waals surface area contributed by atoms with Gasteiger partial charge in [0.1, 0.15) is 11.5 Å². The van der Waals surface area contributed by atoms with Gasteiger partial charge in [0.2, 0.25) is 0 Å². The molecule has 1 aromatic carbocycles. The number of aromatic hydroxyl groups is 1. The number of benzene rings is 1. The van der Waals surface area contributed by atoms with Gasteiger partial charge in [0, 0.05) is 18.2 Å². The van der Waals surface area contributed by atoms with Crippen molar-refractivity contribution < 1.29 is 9.84 Å². The van der Waals surface area contributed by atoms with Crippen molar-refractivity contribution in [1.82, 2.24) is 5.32 Å². The molecule has 0 aliphatic heterocycles. The third-order valence-corrected chi connectivity index (χ3v) is 3.41. The number of hydrogen-bond donors (Lipinski definition) is 2. The lowest BCUT2D eigenvalue weighted by Crippen LogP contribution is -2.17. The molecule has 0 fully saturated rings. The molecule has 0 bridgehead atoms. The summed E-state index contributed by atoms with van der Waals surface area (Å²) in [6, 6.07) is 5.40. The molecule has 3 nitrogen and oxygen atoms in total. The van der Waals surface area contributed by atoms with Crippen molar-refractivity contribution >= 4 is 0 Å². The zero-order valence-electron chi connectivity index (χ0n) is 12.0. The fourth-order valence-corrected chi connectivity index (χ4v) is 2.07. The molecule has 0 aliphatic rings. The highest BCUT2D eigenvalue weighted by Crippen LogP contribution is 2.23. The highest BCUT2D eigenvalue weighted by molar-refractivity contribution is 5.39. The summed E-state index contributed by atoms with van der Waals surface area (Å²) in [5.41, 5.74) is 0.901. The van der Waals surface area contributed by atoms with E-state index in [9.17, 15) is 5.11 Å². The van der Waals surface area contributed by atoms with Crippen LogP contribution in [0.4, 0.5) is 0 Å². The molecule has 106 valence electrons. The number of allylic oxidation sites excluding steroid dienone is 1. The van der Waals surface area contributed by atoms with E-state index in [1.165, 1.54) is 6.42 Å². The van der Waals surface area contributed by atoms with Gasteiger partial charge in [-0.2, -0.15) is 0 Å². The van der Waals surface area contributed by atoms with Gasteiger partial charge < -0.3 is 15.2 Å². The number of nitrogens with one attached hydrogen (secondary N) is 1. The fourth-order valence-electron chi connectivity index (χ4n) is 2.07. The van der Waals surface area contributed by atoms with Gasteiger partial charge in [0.05, 0.1) is 7.11 Å². The molecule has 19 heavy (non-hydrogen) atoms. The van der Waals surface area contributed by atoms with Crippen LogP contribution in [-0.4, -0.2) is 18.8 Å². The van der Waals surface area contributed by atoms with Crippen molar-refractivity contribution in [2.45, 2.75) is 32.7 Å². The molecule has 0 saturated carbocycles. The second kappa shape index (κ2) is 8.59. The zero-order valence-corrected chi connectivity index (χ0v) is 12.0. The van der Waals surface area contributed by atoms with Crippen LogP contribution in [0.3, 0.4) is 0 Å². The minimum absolute atomic E-state index is 0.282. The molecule has 1 unspecified atom stereocenters. The summed E-state index contributed by atoms with van der Waals surface area (Å²) >= 11 is 0. The predicted molar refractivity (Wildman–Crippen MR) is 79.6 cm³/mol. The van der Waals surface area contributed by atoms with Crippen molar-refractivity contribution in [1.29, 1.82) is 0 Å². The van der Waals surface area contributed by atoms with Crippen molar-refractivity contribution in [3.8, 4) is 11.5 Å². The molecule has 0 saturated heterocycles. The van der Waals surface area contributed by atoms with Crippen LogP contribution in [0.5, 0.6) is 11.5 Å². The summed E-state index contributed by atoms with van der Waals surface area (Å²) in [6.45, 7) is 7.64. The molecule has 0 heterocycles. The second-order valence-corrected chi connectivity index (χ2v) is 4.76. The summed E-state index contributed by atoms with van der Waals surface area (Å²) in [5.74, 6) is 1.66. The lowest BCUT2D eigenvalue weighted by Gasteiger charge is -2.13. The third kappa shape index (κ3) is 5.35. The van der Waals surface area contributed by atoms with Gasteiger partial charge in [0.25, 0.3) is 0 Å². The molecule has 1 atom stereocenters. The Morgan fingerprint density at radius 3 is 2.84 bits per heavy atom. The fraction of sp³-hybridized carbons (Fsp3) is 0.500. The van der Waals surface area contributed by atoms with E-state index in [1.54, 1.807) is 13.2 Å². The highest BCUT2D eigenvalue weighted by Gasteiger charge is 2.05. The smallest absolute Gasteiger partial charge is 0.123 e. The van der Waals surface area contributed by atoms with E-state index >= 15 is 0 Å². The molecular formula is C16H25NO2. The van der Waals surface area contributed by atoms with Gasteiger partial charge in [0.15, 0.2) is 0 Å². The molecule has 3 heteroatoms. The number of methoxy groups -OCH3 is 1. The average molecular weight is 263 g/mol. The number of hydrogen-bond acceptors (Lipinski definition) is 3. The number of phenols is 1. The van der Waals surface area contributed by atoms with Crippen LogP contribution in [0.25, 0.3) is 0 Å². The number of phenolic OH excluding ortho intramolecular Hbond substituents is 1. The van der Waals surface area contributed by atoms with Gasteiger partial charge in [-0.25, -0.2) is 0 Å². The Morgan fingerprint density at radius 2 is 2.26 bits per heavy atom. The first-order chi connectivity index (χ1) is 9.21. The summed E-state index contributed by atoms with van der Waals surface area (Å²) in [4.78, 5) is 0. The van der Waals surface area contributed by atoms with Crippen molar-refractivity contribution in [2.24, 2.45) is 5.92 Å². The maximum absolute atomic E-state index is 9.83.